The van der Waals surface area contributed by atoms with Crippen LogP contribution in [0, 0.1) is 5.82 Å². The molecule has 0 radical (unpaired) electrons. The topological polar surface area (TPSA) is 92.3 Å². The number of carbonyl (C=O) groups is 1. The Morgan fingerprint density at radius 2 is 2.00 bits per heavy atom. The lowest BCUT2D eigenvalue weighted by Crippen LogP contribution is -2.38. The highest BCUT2D eigenvalue weighted by molar-refractivity contribution is 7.91. The molecule has 29 heavy (non-hydrogen) atoms. The number of piperidine rings is 1. The fourth-order valence-corrected chi connectivity index (χ4v) is 6.64. The summed E-state index contributed by atoms with van der Waals surface area (Å²) in [6.45, 7) is 0.780. The fourth-order valence-electron chi connectivity index (χ4n) is 3.11. The first-order chi connectivity index (χ1) is 13.9. The van der Waals surface area contributed by atoms with Crippen LogP contribution in [0.25, 0.3) is 0 Å². The normalized spacial score (nSPS) is 17.9. The standard InChI is InChI=1S/C18H17FN4O3S3/c19-13-5-7-14(8-6-13)20-16(24)18-22-21-17(28-18)12-3-1-9-23(11-12)29(25,26)15-4-2-10-27-15/h2,4-8,10,12H,1,3,9,11H2,(H,20,24). The van der Waals surface area contributed by atoms with Crippen LogP contribution in [0.3, 0.4) is 0 Å². The average Bonchev–Trinajstić information content (AvgIpc) is 3.42. The Kier molecular flexibility index (Phi) is 5.72. The lowest BCUT2D eigenvalue weighted by Gasteiger charge is -2.30. The van der Waals surface area contributed by atoms with Gasteiger partial charge in [0, 0.05) is 24.7 Å². The summed E-state index contributed by atoms with van der Waals surface area (Å²) in [7, 11) is -3.51. The maximum atomic E-state index is 13.0. The molecule has 0 bridgehead atoms. The van der Waals surface area contributed by atoms with Crippen LogP contribution in [0.5, 0.6) is 0 Å². The second kappa shape index (κ2) is 8.27. The van der Waals surface area contributed by atoms with Crippen LogP contribution in [0.1, 0.15) is 33.6 Å². The Labute approximate surface area is 175 Å². The van der Waals surface area contributed by atoms with Gasteiger partial charge < -0.3 is 5.32 Å². The van der Waals surface area contributed by atoms with Crippen molar-refractivity contribution in [2.24, 2.45) is 0 Å². The highest BCUT2D eigenvalue weighted by atomic mass is 32.2. The van der Waals surface area contributed by atoms with Crippen LogP contribution in [-0.4, -0.2) is 41.9 Å². The molecule has 3 heterocycles. The number of rotatable bonds is 5. The van der Waals surface area contributed by atoms with E-state index in [4.69, 9.17) is 0 Å². The number of nitrogens with one attached hydrogen (secondary N) is 1. The highest BCUT2D eigenvalue weighted by Gasteiger charge is 2.33. The van der Waals surface area contributed by atoms with Crippen LogP contribution in [-0.2, 0) is 10.0 Å². The van der Waals surface area contributed by atoms with Gasteiger partial charge in [-0.25, -0.2) is 12.8 Å². The third-order valence-electron chi connectivity index (χ3n) is 4.56. The van der Waals surface area contributed by atoms with Gasteiger partial charge in [0.2, 0.25) is 5.01 Å². The van der Waals surface area contributed by atoms with Crippen LogP contribution >= 0.6 is 22.7 Å². The molecular formula is C18H17FN4O3S3. The van der Waals surface area contributed by atoms with Crippen LogP contribution in [0.15, 0.2) is 46.0 Å². The number of carbonyl (C=O) groups excluding carboxylic acids is 1. The monoisotopic (exact) mass is 452 g/mol. The summed E-state index contributed by atoms with van der Waals surface area (Å²) in [6, 6.07) is 8.76. The number of benzene rings is 1. The molecule has 7 nitrogen and oxygen atoms in total. The molecule has 3 aromatic rings. The summed E-state index contributed by atoms with van der Waals surface area (Å²) >= 11 is 2.35. The molecule has 1 aliphatic heterocycles. The van der Waals surface area contributed by atoms with Crippen molar-refractivity contribution in [1.82, 2.24) is 14.5 Å². The summed E-state index contributed by atoms with van der Waals surface area (Å²) in [6.07, 6.45) is 1.50. The average molecular weight is 453 g/mol. The van der Waals surface area contributed by atoms with E-state index in [9.17, 15) is 17.6 Å². The van der Waals surface area contributed by atoms with Gasteiger partial charge in [-0.15, -0.1) is 21.5 Å². The second-order valence-corrected chi connectivity index (χ2v) is 10.7. The molecule has 1 amide bonds. The Balaban J connectivity index is 1.46. The zero-order valence-corrected chi connectivity index (χ0v) is 17.6. The van der Waals surface area contributed by atoms with Gasteiger partial charge in [-0.1, -0.05) is 17.4 Å². The number of nitrogens with zero attached hydrogens (tertiary/aromatic N) is 3. The Morgan fingerprint density at radius 3 is 2.72 bits per heavy atom. The van der Waals surface area contributed by atoms with Crippen molar-refractivity contribution in [3.8, 4) is 0 Å². The maximum absolute atomic E-state index is 13.0. The lowest BCUT2D eigenvalue weighted by atomic mass is 10.0. The molecule has 1 aromatic carbocycles. The molecule has 0 saturated carbocycles. The van der Waals surface area contributed by atoms with Crippen molar-refractivity contribution in [1.29, 1.82) is 0 Å². The van der Waals surface area contributed by atoms with Gasteiger partial charge in [-0.05, 0) is 48.6 Å². The summed E-state index contributed by atoms with van der Waals surface area (Å²) in [4.78, 5) is 12.4. The summed E-state index contributed by atoms with van der Waals surface area (Å²) in [5, 5.41) is 13.3. The molecule has 4 rings (SSSR count). The number of amides is 1. The first kappa shape index (κ1) is 20.1. The van der Waals surface area contributed by atoms with Crippen molar-refractivity contribution in [2.75, 3.05) is 18.4 Å². The van der Waals surface area contributed by atoms with Gasteiger partial charge in [-0.3, -0.25) is 4.79 Å². The number of aromatic nitrogens is 2. The van der Waals surface area contributed by atoms with Crippen LogP contribution < -0.4 is 5.32 Å². The van der Waals surface area contributed by atoms with Crippen molar-refractivity contribution in [3.63, 3.8) is 0 Å². The number of thiophene rings is 1. The molecule has 1 aliphatic rings. The highest BCUT2D eigenvalue weighted by Crippen LogP contribution is 2.33. The van der Waals surface area contributed by atoms with Crippen molar-refractivity contribution < 1.29 is 17.6 Å². The van der Waals surface area contributed by atoms with Crippen molar-refractivity contribution in [2.45, 2.75) is 23.0 Å². The van der Waals surface area contributed by atoms with Crippen LogP contribution in [0.4, 0.5) is 10.1 Å². The summed E-state index contributed by atoms with van der Waals surface area (Å²) in [5.74, 6) is -0.928. The van der Waals surface area contributed by atoms with E-state index in [0.29, 0.717) is 34.4 Å². The minimum absolute atomic E-state index is 0.108. The molecule has 11 heteroatoms. The van der Waals surface area contributed by atoms with E-state index in [-0.39, 0.29) is 16.7 Å². The van der Waals surface area contributed by atoms with E-state index < -0.39 is 15.9 Å². The number of anilines is 1. The third-order valence-corrected chi connectivity index (χ3v) is 8.88. The smallest absolute Gasteiger partial charge is 0.286 e. The fraction of sp³-hybridized carbons (Fsp3) is 0.278. The summed E-state index contributed by atoms with van der Waals surface area (Å²) < 4.78 is 40.3. The molecule has 1 saturated heterocycles. The predicted octanol–water partition coefficient (Wildman–Crippen LogP) is 3.56. The first-order valence-electron chi connectivity index (χ1n) is 8.87. The van der Waals surface area contributed by atoms with Crippen molar-refractivity contribution in [3.05, 3.63) is 57.6 Å². The second-order valence-electron chi connectivity index (χ2n) is 6.54. The molecule has 0 aliphatic carbocycles. The predicted molar refractivity (Wildman–Crippen MR) is 109 cm³/mol. The minimum atomic E-state index is -3.51. The van der Waals surface area contributed by atoms with E-state index in [1.807, 2.05) is 0 Å². The lowest BCUT2D eigenvalue weighted by molar-refractivity contribution is 0.102. The van der Waals surface area contributed by atoms with E-state index in [1.165, 1.54) is 39.9 Å². The van der Waals surface area contributed by atoms with Crippen LogP contribution in [0.2, 0.25) is 0 Å². The minimum Gasteiger partial charge on any atom is -0.320 e. The molecule has 152 valence electrons. The maximum Gasteiger partial charge on any atom is 0.286 e. The molecule has 1 N–H and O–H groups in total. The van der Waals surface area contributed by atoms with Gasteiger partial charge in [0.1, 0.15) is 15.0 Å². The number of halogens is 1. The zero-order chi connectivity index (χ0) is 20.4. The Hall–Kier alpha value is -2.21. The SMILES string of the molecule is O=C(Nc1ccc(F)cc1)c1nnc(C2CCCN(S(=O)(=O)c3cccs3)C2)s1. The van der Waals surface area contributed by atoms with E-state index in [2.05, 4.69) is 15.5 Å². The Bertz CT molecular complexity index is 1100. The van der Waals surface area contributed by atoms with E-state index in [1.54, 1.807) is 17.5 Å². The first-order valence-corrected chi connectivity index (χ1v) is 12.0. The molecular weight excluding hydrogens is 435 g/mol. The largest absolute Gasteiger partial charge is 0.320 e. The number of sulfonamides is 1. The molecule has 1 unspecified atom stereocenters. The van der Waals surface area contributed by atoms with Gasteiger partial charge in [0.15, 0.2) is 0 Å². The molecule has 1 fully saturated rings. The van der Waals surface area contributed by atoms with Crippen molar-refractivity contribution >= 4 is 44.3 Å². The third kappa shape index (κ3) is 4.37. The molecule has 2 aromatic heterocycles. The zero-order valence-electron chi connectivity index (χ0n) is 15.1. The van der Waals surface area contributed by atoms with E-state index in [0.717, 1.165) is 17.8 Å². The Morgan fingerprint density at radius 1 is 1.21 bits per heavy atom. The van der Waals surface area contributed by atoms with Gasteiger partial charge in [-0.2, -0.15) is 4.31 Å². The van der Waals surface area contributed by atoms with Gasteiger partial charge in [0.05, 0.1) is 0 Å². The quantitative estimate of drug-likeness (QED) is 0.639. The molecule has 0 spiro atoms. The van der Waals surface area contributed by atoms with Gasteiger partial charge in [0.25, 0.3) is 15.9 Å². The number of hydrogen-bond donors (Lipinski definition) is 1. The van der Waals surface area contributed by atoms with Gasteiger partial charge >= 0.3 is 0 Å². The summed E-state index contributed by atoms with van der Waals surface area (Å²) in [5.41, 5.74) is 0.457. The van der Waals surface area contributed by atoms with E-state index >= 15 is 0 Å². The number of hydrogen-bond acceptors (Lipinski definition) is 7. The molecule has 1 atom stereocenters.